The normalized spacial score (nSPS) is 12.4. The minimum Gasteiger partial charge on any atom is -0.485 e. The minimum atomic E-state index is -0.869. The molecular weight excluding hydrogens is 492 g/mol. The Bertz CT molecular complexity index is 1400. The standard InChI is InChI=1S/C25H26ClF2N5O3/c1-14-10-30-19(18(29)5-6-32-25(3,4)13-34)9-21(14)33-15(2)7-22(23(26)24(33)35)36-12-20-17(28)8-16(27)11-31-20/h5-11,34H,12-13,29H2,1-4H3. The first-order valence-electron chi connectivity index (χ1n) is 10.9. The van der Waals surface area contributed by atoms with Crippen molar-refractivity contribution in [1.29, 1.82) is 0 Å². The SMILES string of the molecule is Cc1cnc(C(N)=CC=NC(C)(C)CO)cc1-n1c(C)cc(OCc2ncc(F)cc2F)c(Cl)c1=O. The summed E-state index contributed by atoms with van der Waals surface area (Å²) < 4.78 is 33.9. The molecule has 11 heteroatoms. The van der Waals surface area contributed by atoms with E-state index < -0.39 is 22.7 Å². The fourth-order valence-corrected chi connectivity index (χ4v) is 3.33. The highest BCUT2D eigenvalue weighted by Gasteiger charge is 2.17. The molecule has 3 N–H and O–H groups in total. The summed E-state index contributed by atoms with van der Waals surface area (Å²) >= 11 is 6.31. The van der Waals surface area contributed by atoms with E-state index >= 15 is 0 Å². The number of aryl methyl sites for hydroxylation is 2. The van der Waals surface area contributed by atoms with E-state index in [1.54, 1.807) is 46.0 Å². The molecule has 0 fully saturated rings. The van der Waals surface area contributed by atoms with Crippen molar-refractivity contribution in [3.63, 3.8) is 0 Å². The van der Waals surface area contributed by atoms with E-state index in [2.05, 4.69) is 15.0 Å². The first-order valence-corrected chi connectivity index (χ1v) is 11.3. The summed E-state index contributed by atoms with van der Waals surface area (Å²) in [5, 5.41) is 9.09. The zero-order chi connectivity index (χ0) is 26.6. The fourth-order valence-electron chi connectivity index (χ4n) is 3.14. The van der Waals surface area contributed by atoms with Gasteiger partial charge in [-0.1, -0.05) is 11.6 Å². The molecule has 3 aromatic rings. The number of aliphatic hydroxyl groups is 1. The van der Waals surface area contributed by atoms with Gasteiger partial charge in [0.05, 0.1) is 35.4 Å². The van der Waals surface area contributed by atoms with Crippen LogP contribution in [0.5, 0.6) is 5.75 Å². The van der Waals surface area contributed by atoms with E-state index in [4.69, 9.17) is 22.1 Å². The lowest BCUT2D eigenvalue weighted by Crippen LogP contribution is -2.23. The van der Waals surface area contributed by atoms with Gasteiger partial charge in [0.2, 0.25) is 0 Å². The van der Waals surface area contributed by atoms with Crippen molar-refractivity contribution in [2.45, 2.75) is 39.8 Å². The van der Waals surface area contributed by atoms with Crippen molar-refractivity contribution in [3.05, 3.63) is 86.3 Å². The van der Waals surface area contributed by atoms with E-state index in [1.807, 2.05) is 0 Å². The lowest BCUT2D eigenvalue weighted by molar-refractivity contribution is 0.223. The van der Waals surface area contributed by atoms with Crippen molar-refractivity contribution >= 4 is 23.5 Å². The molecular formula is C25H26ClF2N5O3. The van der Waals surface area contributed by atoms with Gasteiger partial charge in [-0.3, -0.25) is 24.3 Å². The molecule has 0 aromatic carbocycles. The number of rotatable bonds is 8. The van der Waals surface area contributed by atoms with Gasteiger partial charge in [-0.05, 0) is 45.4 Å². The van der Waals surface area contributed by atoms with Crippen LogP contribution in [0, 0.1) is 25.5 Å². The van der Waals surface area contributed by atoms with Crippen molar-refractivity contribution in [1.82, 2.24) is 14.5 Å². The maximum absolute atomic E-state index is 13.9. The molecule has 0 saturated carbocycles. The Morgan fingerprint density at radius 1 is 1.25 bits per heavy atom. The average Bonchev–Trinajstić information content (AvgIpc) is 2.82. The van der Waals surface area contributed by atoms with Crippen molar-refractivity contribution < 1.29 is 18.6 Å². The molecule has 0 amide bonds. The Hall–Kier alpha value is -3.63. The van der Waals surface area contributed by atoms with Crippen LogP contribution >= 0.6 is 11.6 Å². The average molecular weight is 518 g/mol. The van der Waals surface area contributed by atoms with Crippen LogP contribution in [0.15, 0.2) is 46.5 Å². The summed E-state index contributed by atoms with van der Waals surface area (Å²) in [6.07, 6.45) is 5.50. The van der Waals surface area contributed by atoms with Crippen LogP contribution in [0.2, 0.25) is 5.02 Å². The van der Waals surface area contributed by atoms with Gasteiger partial charge in [-0.2, -0.15) is 0 Å². The van der Waals surface area contributed by atoms with E-state index in [9.17, 15) is 18.7 Å². The smallest absolute Gasteiger partial charge is 0.277 e. The van der Waals surface area contributed by atoms with Gasteiger partial charge in [0.1, 0.15) is 28.9 Å². The molecule has 3 rings (SSSR count). The van der Waals surface area contributed by atoms with Gasteiger partial charge in [0, 0.05) is 30.2 Å². The number of hydrogen-bond acceptors (Lipinski definition) is 7. The summed E-state index contributed by atoms with van der Waals surface area (Å²) in [6, 6.07) is 3.88. The second kappa shape index (κ2) is 11.0. The Kier molecular flexibility index (Phi) is 8.21. The highest BCUT2D eigenvalue weighted by atomic mass is 35.5. The number of aromatic nitrogens is 3. The molecule has 0 atom stereocenters. The van der Waals surface area contributed by atoms with E-state index in [-0.39, 0.29) is 29.7 Å². The summed E-state index contributed by atoms with van der Waals surface area (Å²) in [7, 11) is 0. The molecule has 0 spiro atoms. The number of hydrogen-bond donors (Lipinski definition) is 2. The molecule has 0 bridgehead atoms. The third-order valence-electron chi connectivity index (χ3n) is 5.22. The number of aliphatic imine (C=N–C) groups is 1. The maximum Gasteiger partial charge on any atom is 0.277 e. The Labute approximate surface area is 211 Å². The van der Waals surface area contributed by atoms with Crippen LogP contribution < -0.4 is 16.0 Å². The van der Waals surface area contributed by atoms with Gasteiger partial charge < -0.3 is 15.6 Å². The molecule has 3 aromatic heterocycles. The maximum atomic E-state index is 13.9. The third-order valence-corrected chi connectivity index (χ3v) is 5.57. The summed E-state index contributed by atoms with van der Waals surface area (Å²) in [4.78, 5) is 25.4. The van der Waals surface area contributed by atoms with Crippen molar-refractivity contribution in [2.75, 3.05) is 6.61 Å². The van der Waals surface area contributed by atoms with Crippen LogP contribution in [-0.4, -0.2) is 38.0 Å². The van der Waals surface area contributed by atoms with Crippen LogP contribution in [0.25, 0.3) is 11.4 Å². The molecule has 0 aliphatic rings. The van der Waals surface area contributed by atoms with Gasteiger partial charge in [-0.25, -0.2) is 8.78 Å². The third kappa shape index (κ3) is 6.13. The van der Waals surface area contributed by atoms with E-state index in [1.165, 1.54) is 16.8 Å². The van der Waals surface area contributed by atoms with Crippen molar-refractivity contribution in [2.24, 2.45) is 10.7 Å². The van der Waals surface area contributed by atoms with Crippen LogP contribution in [0.1, 0.15) is 36.5 Å². The predicted octanol–water partition coefficient (Wildman–Crippen LogP) is 3.90. The molecule has 36 heavy (non-hydrogen) atoms. The van der Waals surface area contributed by atoms with Crippen LogP contribution in [-0.2, 0) is 6.61 Å². The minimum absolute atomic E-state index is 0.0370. The number of allylic oxidation sites excluding steroid dienone is 1. The second-order valence-electron chi connectivity index (χ2n) is 8.70. The van der Waals surface area contributed by atoms with Gasteiger partial charge in [0.15, 0.2) is 5.82 Å². The second-order valence-corrected chi connectivity index (χ2v) is 9.08. The number of halogens is 3. The van der Waals surface area contributed by atoms with Gasteiger partial charge >= 0.3 is 0 Å². The zero-order valence-electron chi connectivity index (χ0n) is 20.2. The number of pyridine rings is 3. The summed E-state index contributed by atoms with van der Waals surface area (Å²) in [6.45, 7) is 6.54. The first kappa shape index (κ1) is 27.0. The van der Waals surface area contributed by atoms with Crippen LogP contribution in [0.4, 0.5) is 8.78 Å². The zero-order valence-corrected chi connectivity index (χ0v) is 21.0. The molecule has 0 aliphatic carbocycles. The number of aliphatic hydroxyl groups excluding tert-OH is 1. The molecule has 8 nitrogen and oxygen atoms in total. The molecule has 3 heterocycles. The van der Waals surface area contributed by atoms with Crippen LogP contribution in [0.3, 0.4) is 0 Å². The van der Waals surface area contributed by atoms with Crippen molar-refractivity contribution in [3.8, 4) is 11.4 Å². The Balaban J connectivity index is 1.95. The lowest BCUT2D eigenvalue weighted by Gasteiger charge is -2.17. The molecule has 190 valence electrons. The van der Waals surface area contributed by atoms with Gasteiger partial charge in [0.25, 0.3) is 5.56 Å². The quantitative estimate of drug-likeness (QED) is 0.438. The van der Waals surface area contributed by atoms with E-state index in [0.29, 0.717) is 34.4 Å². The number of nitrogens with two attached hydrogens (primary N) is 1. The highest BCUT2D eigenvalue weighted by Crippen LogP contribution is 2.26. The monoisotopic (exact) mass is 517 g/mol. The predicted molar refractivity (Wildman–Crippen MR) is 135 cm³/mol. The van der Waals surface area contributed by atoms with Gasteiger partial charge in [-0.15, -0.1) is 0 Å². The van der Waals surface area contributed by atoms with E-state index in [0.717, 1.165) is 6.20 Å². The number of ether oxygens (including phenoxy) is 1. The topological polar surface area (TPSA) is 116 Å². The first-order chi connectivity index (χ1) is 16.9. The largest absolute Gasteiger partial charge is 0.485 e. The Morgan fingerprint density at radius 3 is 2.64 bits per heavy atom. The summed E-state index contributed by atoms with van der Waals surface area (Å²) in [5.74, 6) is -1.64. The lowest BCUT2D eigenvalue weighted by atomic mass is 10.1. The molecule has 0 aliphatic heterocycles. The Morgan fingerprint density at radius 2 is 1.97 bits per heavy atom. The molecule has 0 unspecified atom stereocenters. The molecule has 0 radical (unpaired) electrons. The molecule has 0 saturated heterocycles. The summed E-state index contributed by atoms with van der Waals surface area (Å²) in [5.41, 5.74) is 7.22. The number of nitrogens with zero attached hydrogens (tertiary/aromatic N) is 4. The highest BCUT2D eigenvalue weighted by molar-refractivity contribution is 6.31. The fraction of sp³-hybridized carbons (Fsp3) is 0.280.